The van der Waals surface area contributed by atoms with E-state index in [1.807, 2.05) is 25.1 Å². The highest BCUT2D eigenvalue weighted by Gasteiger charge is 2.28. The number of carbonyl (C=O) groups excluding carboxylic acids is 1. The van der Waals surface area contributed by atoms with E-state index < -0.39 is 5.97 Å². The Hall–Kier alpha value is -2.93. The lowest BCUT2D eigenvalue weighted by molar-refractivity contribution is 0.0599. The molecule has 2 atom stereocenters. The minimum Gasteiger partial charge on any atom is -0.493 e. The number of benzene rings is 2. The minimum absolute atomic E-state index is 0.188. The van der Waals surface area contributed by atoms with Crippen molar-refractivity contribution in [3.8, 4) is 23.0 Å². The van der Waals surface area contributed by atoms with Crippen LogP contribution in [0.2, 0.25) is 0 Å². The van der Waals surface area contributed by atoms with Gasteiger partial charge in [-0.1, -0.05) is 13.0 Å². The molecule has 7 nitrogen and oxygen atoms in total. The van der Waals surface area contributed by atoms with Crippen LogP contribution in [0, 0.1) is 0 Å². The first-order chi connectivity index (χ1) is 13.9. The van der Waals surface area contributed by atoms with Gasteiger partial charge in [0.1, 0.15) is 0 Å². The van der Waals surface area contributed by atoms with Gasteiger partial charge in [-0.15, -0.1) is 0 Å². The Morgan fingerprint density at radius 3 is 1.97 bits per heavy atom. The van der Waals surface area contributed by atoms with Crippen LogP contribution in [-0.4, -0.2) is 48.6 Å². The average molecular weight is 404 g/mol. The van der Waals surface area contributed by atoms with E-state index in [4.69, 9.17) is 28.4 Å². The highest BCUT2D eigenvalue weighted by atomic mass is 16.5. The smallest absolute Gasteiger partial charge is 0.337 e. The summed E-state index contributed by atoms with van der Waals surface area (Å²) in [6.07, 6.45) is -0.346. The molecule has 0 heterocycles. The van der Waals surface area contributed by atoms with Crippen molar-refractivity contribution < 1.29 is 33.2 Å². The molecule has 0 aliphatic rings. The van der Waals surface area contributed by atoms with Gasteiger partial charge >= 0.3 is 5.97 Å². The third-order valence-electron chi connectivity index (χ3n) is 4.86. The third kappa shape index (κ3) is 4.56. The summed E-state index contributed by atoms with van der Waals surface area (Å²) in [7, 11) is 9.22. The summed E-state index contributed by atoms with van der Waals surface area (Å²) in [5.41, 5.74) is 2.02. The van der Waals surface area contributed by atoms with E-state index in [1.54, 1.807) is 40.6 Å². The van der Waals surface area contributed by atoms with Crippen molar-refractivity contribution in [3.63, 3.8) is 0 Å². The van der Waals surface area contributed by atoms with E-state index >= 15 is 0 Å². The molecule has 2 aromatic rings. The maximum absolute atomic E-state index is 12.1. The topological polar surface area (TPSA) is 72.5 Å². The van der Waals surface area contributed by atoms with Crippen LogP contribution in [0.5, 0.6) is 23.0 Å². The largest absolute Gasteiger partial charge is 0.493 e. The van der Waals surface area contributed by atoms with Gasteiger partial charge in [-0.05, 0) is 29.8 Å². The fourth-order valence-electron chi connectivity index (χ4n) is 3.39. The monoisotopic (exact) mass is 404 g/mol. The van der Waals surface area contributed by atoms with Crippen LogP contribution >= 0.6 is 0 Å². The second kappa shape index (κ2) is 10.0. The Balaban J connectivity index is 2.58. The zero-order valence-corrected chi connectivity index (χ0v) is 17.9. The van der Waals surface area contributed by atoms with Crippen LogP contribution in [0.3, 0.4) is 0 Å². The maximum atomic E-state index is 12.1. The number of hydrogen-bond acceptors (Lipinski definition) is 7. The minimum atomic E-state index is -0.459. The molecular weight excluding hydrogens is 376 g/mol. The van der Waals surface area contributed by atoms with Gasteiger partial charge in [-0.25, -0.2) is 4.79 Å². The number of methoxy groups -OCH3 is 6. The summed E-state index contributed by atoms with van der Waals surface area (Å²) in [4.78, 5) is 12.1. The Bertz CT molecular complexity index is 847. The highest BCUT2D eigenvalue weighted by molar-refractivity contribution is 5.90. The molecule has 0 radical (unpaired) electrons. The first kappa shape index (κ1) is 22.4. The van der Waals surface area contributed by atoms with Crippen molar-refractivity contribution in [1.29, 1.82) is 0 Å². The fourth-order valence-corrected chi connectivity index (χ4v) is 3.39. The van der Waals surface area contributed by atoms with Crippen molar-refractivity contribution in [2.75, 3.05) is 42.7 Å². The van der Waals surface area contributed by atoms with Gasteiger partial charge in [-0.3, -0.25) is 0 Å². The Morgan fingerprint density at radius 1 is 0.793 bits per heavy atom. The molecule has 0 fully saturated rings. The summed E-state index contributed by atoms with van der Waals surface area (Å²) in [6.45, 7) is 1.99. The van der Waals surface area contributed by atoms with Crippen molar-refractivity contribution in [3.05, 3.63) is 47.0 Å². The first-order valence-corrected chi connectivity index (χ1v) is 9.04. The molecule has 0 amide bonds. The summed E-state index contributed by atoms with van der Waals surface area (Å²) in [5.74, 6) is 1.57. The maximum Gasteiger partial charge on any atom is 0.337 e. The van der Waals surface area contributed by atoms with E-state index in [-0.39, 0.29) is 12.0 Å². The van der Waals surface area contributed by atoms with Gasteiger partial charge in [0.2, 0.25) is 0 Å². The predicted molar refractivity (Wildman–Crippen MR) is 109 cm³/mol. The van der Waals surface area contributed by atoms with Crippen LogP contribution in [0.1, 0.15) is 40.4 Å². The van der Waals surface area contributed by atoms with Crippen molar-refractivity contribution in [1.82, 2.24) is 0 Å². The van der Waals surface area contributed by atoms with Crippen molar-refractivity contribution in [2.45, 2.75) is 18.9 Å². The van der Waals surface area contributed by atoms with Crippen LogP contribution < -0.4 is 18.9 Å². The number of carbonyl (C=O) groups is 1. The van der Waals surface area contributed by atoms with Gasteiger partial charge in [0.05, 0.1) is 47.2 Å². The molecule has 0 saturated heterocycles. The molecule has 0 bridgehead atoms. The van der Waals surface area contributed by atoms with E-state index in [0.717, 1.165) is 11.1 Å². The standard InChI is InChI=1S/C22H28O7/c1-13(20(27-5)14-8-9-17(24-2)18(11-14)25-3)16-10-15(22(23)29-7)12-19(26-4)21(16)28-6/h8-13,20H,1-7H3. The zero-order chi connectivity index (χ0) is 21.6. The molecule has 7 heteroatoms. The van der Waals surface area contributed by atoms with Gasteiger partial charge in [0.15, 0.2) is 23.0 Å². The number of esters is 1. The lowest BCUT2D eigenvalue weighted by atomic mass is 9.88. The second-order valence-corrected chi connectivity index (χ2v) is 6.35. The molecule has 0 aromatic heterocycles. The summed E-state index contributed by atoms with van der Waals surface area (Å²) >= 11 is 0. The molecule has 2 aromatic carbocycles. The van der Waals surface area contributed by atoms with Gasteiger partial charge in [0.25, 0.3) is 0 Å². The number of rotatable bonds is 9. The summed E-state index contributed by atoms with van der Waals surface area (Å²) < 4.78 is 32.5. The molecule has 0 aliphatic heterocycles. The van der Waals surface area contributed by atoms with E-state index in [9.17, 15) is 4.79 Å². The van der Waals surface area contributed by atoms with Gasteiger partial charge in [-0.2, -0.15) is 0 Å². The SMILES string of the molecule is COC(=O)c1cc(OC)c(OC)c(C(C)C(OC)c2ccc(OC)c(OC)c2)c1. The van der Waals surface area contributed by atoms with Crippen LogP contribution in [0.25, 0.3) is 0 Å². The van der Waals surface area contributed by atoms with Crippen LogP contribution in [-0.2, 0) is 9.47 Å². The molecule has 2 unspecified atom stereocenters. The average Bonchev–Trinajstić information content (AvgIpc) is 2.77. The fraction of sp³-hybridized carbons (Fsp3) is 0.409. The number of hydrogen-bond donors (Lipinski definition) is 0. The molecule has 0 spiro atoms. The first-order valence-electron chi connectivity index (χ1n) is 9.04. The van der Waals surface area contributed by atoms with E-state index in [1.165, 1.54) is 14.2 Å². The third-order valence-corrected chi connectivity index (χ3v) is 4.86. The summed E-state index contributed by atoms with van der Waals surface area (Å²) in [6, 6.07) is 8.95. The molecular formula is C22H28O7. The molecule has 0 aliphatic carbocycles. The van der Waals surface area contributed by atoms with Crippen LogP contribution in [0.4, 0.5) is 0 Å². The van der Waals surface area contributed by atoms with E-state index in [0.29, 0.717) is 28.6 Å². The van der Waals surface area contributed by atoms with Crippen LogP contribution in [0.15, 0.2) is 30.3 Å². The Morgan fingerprint density at radius 2 is 1.45 bits per heavy atom. The zero-order valence-electron chi connectivity index (χ0n) is 17.9. The lowest BCUT2D eigenvalue weighted by Gasteiger charge is -2.26. The van der Waals surface area contributed by atoms with E-state index in [2.05, 4.69) is 0 Å². The molecule has 0 N–H and O–H groups in total. The normalized spacial score (nSPS) is 12.7. The Labute approximate surface area is 171 Å². The molecule has 158 valence electrons. The number of ether oxygens (including phenoxy) is 6. The summed E-state index contributed by atoms with van der Waals surface area (Å²) in [5, 5.41) is 0. The molecule has 29 heavy (non-hydrogen) atoms. The molecule has 0 saturated carbocycles. The Kier molecular flexibility index (Phi) is 7.73. The van der Waals surface area contributed by atoms with Gasteiger partial charge in [0, 0.05) is 18.6 Å². The second-order valence-electron chi connectivity index (χ2n) is 6.35. The lowest BCUT2D eigenvalue weighted by Crippen LogP contribution is -2.14. The highest BCUT2D eigenvalue weighted by Crippen LogP contribution is 2.44. The quantitative estimate of drug-likeness (QED) is 0.585. The van der Waals surface area contributed by atoms with Crippen molar-refractivity contribution >= 4 is 5.97 Å². The van der Waals surface area contributed by atoms with Gasteiger partial charge < -0.3 is 28.4 Å². The molecule has 2 rings (SSSR count). The van der Waals surface area contributed by atoms with Crippen molar-refractivity contribution in [2.24, 2.45) is 0 Å². The predicted octanol–water partition coefficient (Wildman–Crippen LogP) is 4.00.